The van der Waals surface area contributed by atoms with Crippen molar-refractivity contribution in [3.8, 4) is 11.5 Å². The Balaban J connectivity index is 1.67. The molecule has 8 heteroatoms. The van der Waals surface area contributed by atoms with E-state index in [1.165, 1.54) is 14.2 Å². The van der Waals surface area contributed by atoms with Gasteiger partial charge in [-0.25, -0.2) is 4.79 Å². The first-order valence-electron chi connectivity index (χ1n) is 8.05. The Hall–Kier alpha value is -2.77. The Morgan fingerprint density at radius 2 is 1.96 bits per heavy atom. The fraction of sp³-hybridized carbons (Fsp3) is 0.471. The zero-order valence-electron chi connectivity index (χ0n) is 14.4. The van der Waals surface area contributed by atoms with Crippen LogP contribution < -0.4 is 20.1 Å². The lowest BCUT2D eigenvalue weighted by Crippen LogP contribution is -2.46. The Bertz CT molecular complexity index is 731. The van der Waals surface area contributed by atoms with E-state index in [1.54, 1.807) is 25.1 Å². The highest BCUT2D eigenvalue weighted by Crippen LogP contribution is 2.42. The van der Waals surface area contributed by atoms with Crippen molar-refractivity contribution < 1.29 is 23.9 Å². The normalized spacial score (nSPS) is 22.6. The van der Waals surface area contributed by atoms with Crippen molar-refractivity contribution in [2.75, 3.05) is 26.1 Å². The summed E-state index contributed by atoms with van der Waals surface area (Å²) in [6, 6.07) is 4.39. The summed E-state index contributed by atoms with van der Waals surface area (Å²) < 4.78 is 10.3. The Labute approximate surface area is 145 Å². The van der Waals surface area contributed by atoms with Crippen LogP contribution in [0.15, 0.2) is 18.2 Å². The van der Waals surface area contributed by atoms with Crippen LogP contribution in [0.4, 0.5) is 10.5 Å². The highest BCUT2D eigenvalue weighted by atomic mass is 16.5. The summed E-state index contributed by atoms with van der Waals surface area (Å²) in [5, 5.41) is 5.38. The molecule has 0 bridgehead atoms. The largest absolute Gasteiger partial charge is 0.493 e. The number of nitrogens with one attached hydrogen (secondary N) is 2. The molecule has 8 nitrogen and oxygen atoms in total. The van der Waals surface area contributed by atoms with Crippen LogP contribution in [0.1, 0.15) is 19.8 Å². The van der Waals surface area contributed by atoms with Crippen LogP contribution in [-0.4, -0.2) is 49.0 Å². The molecular weight excluding hydrogens is 326 g/mol. The fourth-order valence-electron chi connectivity index (χ4n) is 3.05. The maximum Gasteiger partial charge on any atom is 0.325 e. The average Bonchev–Trinajstić information content (AvgIpc) is 3.41. The molecule has 1 saturated heterocycles. The smallest absolute Gasteiger partial charge is 0.325 e. The van der Waals surface area contributed by atoms with E-state index in [0.29, 0.717) is 17.2 Å². The molecule has 25 heavy (non-hydrogen) atoms. The summed E-state index contributed by atoms with van der Waals surface area (Å²) >= 11 is 0. The van der Waals surface area contributed by atoms with E-state index in [2.05, 4.69) is 10.6 Å². The summed E-state index contributed by atoms with van der Waals surface area (Å²) in [5.74, 6) is 0.354. The van der Waals surface area contributed by atoms with Gasteiger partial charge in [-0.2, -0.15) is 0 Å². The van der Waals surface area contributed by atoms with Crippen LogP contribution in [-0.2, 0) is 9.59 Å². The van der Waals surface area contributed by atoms with Gasteiger partial charge in [0.1, 0.15) is 12.1 Å². The Morgan fingerprint density at radius 3 is 2.56 bits per heavy atom. The standard InChI is InChI=1S/C17H21N3O5/c1-17(10-4-5-10)15(22)20(16(23)19-17)9-14(21)18-11-6-7-12(24-2)13(8-11)25-3/h6-8,10H,4-5,9H2,1-3H3,(H,18,21)(H,19,23)/t17-/m1/s1. The minimum atomic E-state index is -0.888. The molecule has 2 fully saturated rings. The number of carbonyl (C=O) groups excluding carboxylic acids is 3. The SMILES string of the molecule is COc1ccc(NC(=O)CN2C(=O)N[C@](C)(C3CC3)C2=O)cc1OC. The van der Waals surface area contributed by atoms with Crippen molar-refractivity contribution in [2.45, 2.75) is 25.3 Å². The van der Waals surface area contributed by atoms with E-state index in [1.807, 2.05) is 0 Å². The van der Waals surface area contributed by atoms with Gasteiger partial charge in [-0.15, -0.1) is 0 Å². The number of ether oxygens (including phenoxy) is 2. The molecule has 3 rings (SSSR count). The van der Waals surface area contributed by atoms with E-state index < -0.39 is 17.5 Å². The van der Waals surface area contributed by atoms with E-state index >= 15 is 0 Å². The second kappa shape index (κ2) is 6.27. The first-order chi connectivity index (χ1) is 11.9. The van der Waals surface area contributed by atoms with Gasteiger partial charge in [-0.3, -0.25) is 14.5 Å². The van der Waals surface area contributed by atoms with Gasteiger partial charge in [0.2, 0.25) is 5.91 Å². The van der Waals surface area contributed by atoms with E-state index in [0.717, 1.165) is 17.7 Å². The number of carbonyl (C=O) groups is 3. The third-order valence-corrected chi connectivity index (χ3v) is 4.66. The molecule has 1 aromatic rings. The Kier molecular flexibility index (Phi) is 4.28. The van der Waals surface area contributed by atoms with Gasteiger partial charge < -0.3 is 20.1 Å². The molecule has 1 aliphatic carbocycles. The molecule has 1 heterocycles. The third kappa shape index (κ3) is 3.11. The summed E-state index contributed by atoms with van der Waals surface area (Å²) in [7, 11) is 3.01. The minimum Gasteiger partial charge on any atom is -0.493 e. The first kappa shape index (κ1) is 17.1. The van der Waals surface area contributed by atoms with Crippen molar-refractivity contribution in [3.05, 3.63) is 18.2 Å². The highest BCUT2D eigenvalue weighted by Gasteiger charge is 2.56. The second-order valence-electron chi connectivity index (χ2n) is 6.42. The second-order valence-corrected chi connectivity index (χ2v) is 6.42. The van der Waals surface area contributed by atoms with Crippen LogP contribution in [0.25, 0.3) is 0 Å². The van der Waals surface area contributed by atoms with Gasteiger partial charge in [0.25, 0.3) is 5.91 Å². The summed E-state index contributed by atoms with van der Waals surface area (Å²) in [6.45, 7) is 1.39. The number of methoxy groups -OCH3 is 2. The van der Waals surface area contributed by atoms with Crippen molar-refractivity contribution >= 4 is 23.5 Å². The predicted octanol–water partition coefficient (Wildman–Crippen LogP) is 1.36. The van der Waals surface area contributed by atoms with Crippen LogP contribution in [0.3, 0.4) is 0 Å². The molecular formula is C17H21N3O5. The van der Waals surface area contributed by atoms with Crippen LogP contribution in [0.5, 0.6) is 11.5 Å². The molecule has 1 aliphatic heterocycles. The molecule has 0 unspecified atom stereocenters. The predicted molar refractivity (Wildman–Crippen MR) is 89.5 cm³/mol. The summed E-state index contributed by atoms with van der Waals surface area (Å²) in [5.41, 5.74) is -0.402. The van der Waals surface area contributed by atoms with Crippen LogP contribution >= 0.6 is 0 Å². The number of anilines is 1. The molecule has 4 amide bonds. The molecule has 0 radical (unpaired) electrons. The van der Waals surface area contributed by atoms with E-state index in [-0.39, 0.29) is 18.4 Å². The molecule has 0 spiro atoms. The molecule has 1 saturated carbocycles. The maximum absolute atomic E-state index is 12.5. The van der Waals surface area contributed by atoms with Crippen molar-refractivity contribution in [1.29, 1.82) is 0 Å². The monoisotopic (exact) mass is 347 g/mol. The zero-order chi connectivity index (χ0) is 18.2. The van der Waals surface area contributed by atoms with Gasteiger partial charge in [-0.05, 0) is 37.8 Å². The van der Waals surface area contributed by atoms with E-state index in [9.17, 15) is 14.4 Å². The lowest BCUT2D eigenvalue weighted by molar-refractivity contribution is -0.134. The van der Waals surface area contributed by atoms with Gasteiger partial charge in [-0.1, -0.05) is 0 Å². The molecule has 1 aromatic carbocycles. The number of amides is 4. The quantitative estimate of drug-likeness (QED) is 0.758. The topological polar surface area (TPSA) is 97.0 Å². The van der Waals surface area contributed by atoms with Crippen molar-refractivity contribution in [1.82, 2.24) is 10.2 Å². The number of nitrogens with zero attached hydrogens (tertiary/aromatic N) is 1. The van der Waals surface area contributed by atoms with E-state index in [4.69, 9.17) is 9.47 Å². The summed E-state index contributed by atoms with van der Waals surface area (Å²) in [6.07, 6.45) is 1.82. The lowest BCUT2D eigenvalue weighted by atomic mass is 9.96. The number of urea groups is 1. The van der Waals surface area contributed by atoms with Gasteiger partial charge in [0.05, 0.1) is 14.2 Å². The molecule has 0 aromatic heterocycles. The number of benzene rings is 1. The minimum absolute atomic E-state index is 0.155. The van der Waals surface area contributed by atoms with Gasteiger partial charge in [0.15, 0.2) is 11.5 Å². The number of hydrogen-bond donors (Lipinski definition) is 2. The molecule has 1 atom stereocenters. The zero-order valence-corrected chi connectivity index (χ0v) is 14.4. The van der Waals surface area contributed by atoms with Crippen LogP contribution in [0.2, 0.25) is 0 Å². The number of imide groups is 1. The Morgan fingerprint density at radius 1 is 1.28 bits per heavy atom. The van der Waals surface area contributed by atoms with Crippen molar-refractivity contribution in [2.24, 2.45) is 5.92 Å². The molecule has 134 valence electrons. The average molecular weight is 347 g/mol. The molecule has 2 N–H and O–H groups in total. The lowest BCUT2D eigenvalue weighted by Gasteiger charge is -2.20. The molecule has 2 aliphatic rings. The van der Waals surface area contributed by atoms with Crippen LogP contribution in [0, 0.1) is 5.92 Å². The van der Waals surface area contributed by atoms with Crippen molar-refractivity contribution in [3.63, 3.8) is 0 Å². The first-order valence-corrected chi connectivity index (χ1v) is 8.05. The van der Waals surface area contributed by atoms with Gasteiger partial charge in [0, 0.05) is 11.8 Å². The number of rotatable bonds is 6. The van der Waals surface area contributed by atoms with Gasteiger partial charge >= 0.3 is 6.03 Å². The fourth-order valence-corrected chi connectivity index (χ4v) is 3.05. The summed E-state index contributed by atoms with van der Waals surface area (Å²) in [4.78, 5) is 37.8. The number of hydrogen-bond acceptors (Lipinski definition) is 5. The third-order valence-electron chi connectivity index (χ3n) is 4.66. The highest BCUT2D eigenvalue weighted by molar-refractivity contribution is 6.10. The maximum atomic E-state index is 12.5.